The van der Waals surface area contributed by atoms with Crippen molar-refractivity contribution in [2.75, 3.05) is 13.7 Å². The van der Waals surface area contributed by atoms with Gasteiger partial charge < -0.3 is 10.1 Å². The second-order valence-corrected chi connectivity index (χ2v) is 5.70. The van der Waals surface area contributed by atoms with Crippen molar-refractivity contribution in [2.24, 2.45) is 0 Å². The SMILES string of the molecule is COc1ccc(C(=O)NCC2(c3ccc(F)cc3)CC2)cc1. The number of amides is 1. The third-order valence-corrected chi connectivity index (χ3v) is 4.25. The fourth-order valence-corrected chi connectivity index (χ4v) is 2.62. The van der Waals surface area contributed by atoms with Crippen LogP contribution in [0.15, 0.2) is 48.5 Å². The Bertz CT molecular complexity index is 660. The molecule has 0 bridgehead atoms. The summed E-state index contributed by atoms with van der Waals surface area (Å²) in [5.41, 5.74) is 1.66. The van der Waals surface area contributed by atoms with Gasteiger partial charge in [-0.1, -0.05) is 12.1 Å². The molecule has 1 fully saturated rings. The second kappa shape index (κ2) is 5.79. The summed E-state index contributed by atoms with van der Waals surface area (Å²) in [4.78, 5) is 12.2. The number of halogens is 1. The number of rotatable bonds is 5. The van der Waals surface area contributed by atoms with E-state index in [2.05, 4.69) is 5.32 Å². The zero-order chi connectivity index (χ0) is 15.6. The zero-order valence-electron chi connectivity index (χ0n) is 12.4. The molecule has 0 saturated heterocycles. The average Bonchev–Trinajstić information content (AvgIpc) is 3.34. The van der Waals surface area contributed by atoms with Crippen molar-refractivity contribution in [1.82, 2.24) is 5.32 Å². The number of nitrogens with one attached hydrogen (secondary N) is 1. The summed E-state index contributed by atoms with van der Waals surface area (Å²) in [5.74, 6) is 0.388. The third kappa shape index (κ3) is 2.96. The van der Waals surface area contributed by atoms with Gasteiger partial charge in [0, 0.05) is 17.5 Å². The lowest BCUT2D eigenvalue weighted by Crippen LogP contribution is -2.32. The summed E-state index contributed by atoms with van der Waals surface area (Å²) >= 11 is 0. The normalized spacial score (nSPS) is 15.2. The molecular weight excluding hydrogens is 281 g/mol. The van der Waals surface area contributed by atoms with E-state index in [4.69, 9.17) is 4.74 Å². The van der Waals surface area contributed by atoms with E-state index in [1.54, 1.807) is 31.4 Å². The summed E-state index contributed by atoms with van der Waals surface area (Å²) in [6, 6.07) is 13.6. The first-order chi connectivity index (χ1) is 10.6. The van der Waals surface area contributed by atoms with E-state index < -0.39 is 0 Å². The van der Waals surface area contributed by atoms with Crippen LogP contribution in [0.25, 0.3) is 0 Å². The molecule has 1 saturated carbocycles. The van der Waals surface area contributed by atoms with E-state index in [1.807, 2.05) is 12.1 Å². The topological polar surface area (TPSA) is 38.3 Å². The summed E-state index contributed by atoms with van der Waals surface area (Å²) < 4.78 is 18.1. The highest BCUT2D eigenvalue weighted by molar-refractivity contribution is 5.94. The van der Waals surface area contributed by atoms with Crippen molar-refractivity contribution in [3.8, 4) is 5.75 Å². The van der Waals surface area contributed by atoms with Crippen molar-refractivity contribution < 1.29 is 13.9 Å². The lowest BCUT2D eigenvalue weighted by atomic mass is 9.96. The number of hydrogen-bond acceptors (Lipinski definition) is 2. The summed E-state index contributed by atoms with van der Waals surface area (Å²) in [5, 5.41) is 2.98. The summed E-state index contributed by atoms with van der Waals surface area (Å²) in [6.07, 6.45) is 2.03. The van der Waals surface area contributed by atoms with Gasteiger partial charge in [-0.25, -0.2) is 4.39 Å². The van der Waals surface area contributed by atoms with E-state index in [-0.39, 0.29) is 17.1 Å². The molecule has 3 nitrogen and oxygen atoms in total. The van der Waals surface area contributed by atoms with Gasteiger partial charge in [-0.15, -0.1) is 0 Å². The van der Waals surface area contributed by atoms with Crippen LogP contribution in [-0.4, -0.2) is 19.6 Å². The Morgan fingerprint density at radius 3 is 2.32 bits per heavy atom. The molecule has 0 heterocycles. The highest BCUT2D eigenvalue weighted by Gasteiger charge is 2.44. The molecule has 1 aliphatic rings. The monoisotopic (exact) mass is 299 g/mol. The molecule has 0 spiro atoms. The minimum Gasteiger partial charge on any atom is -0.497 e. The molecule has 0 atom stereocenters. The summed E-state index contributed by atoms with van der Waals surface area (Å²) in [7, 11) is 1.59. The number of benzene rings is 2. The van der Waals surface area contributed by atoms with Crippen LogP contribution in [0.3, 0.4) is 0 Å². The predicted molar refractivity (Wildman–Crippen MR) is 82.6 cm³/mol. The minimum absolute atomic E-state index is 0.0319. The standard InChI is InChI=1S/C18H18FNO2/c1-22-16-8-2-13(3-9-16)17(21)20-12-18(10-11-18)14-4-6-15(19)7-5-14/h2-9H,10-12H2,1H3,(H,20,21). The van der Waals surface area contributed by atoms with Crippen molar-refractivity contribution in [3.63, 3.8) is 0 Å². The van der Waals surface area contributed by atoms with Crippen molar-refractivity contribution in [1.29, 1.82) is 0 Å². The zero-order valence-corrected chi connectivity index (χ0v) is 12.4. The molecular formula is C18H18FNO2. The van der Waals surface area contributed by atoms with Gasteiger partial charge in [-0.05, 0) is 54.8 Å². The molecule has 1 N–H and O–H groups in total. The summed E-state index contributed by atoms with van der Waals surface area (Å²) in [6.45, 7) is 0.573. The molecule has 22 heavy (non-hydrogen) atoms. The highest BCUT2D eigenvalue weighted by atomic mass is 19.1. The molecule has 1 amide bonds. The van der Waals surface area contributed by atoms with Gasteiger partial charge in [0.05, 0.1) is 7.11 Å². The van der Waals surface area contributed by atoms with Gasteiger partial charge in [-0.3, -0.25) is 4.79 Å². The van der Waals surface area contributed by atoms with E-state index in [0.717, 1.165) is 24.2 Å². The Morgan fingerprint density at radius 1 is 1.14 bits per heavy atom. The van der Waals surface area contributed by atoms with Gasteiger partial charge in [0.2, 0.25) is 0 Å². The average molecular weight is 299 g/mol. The first-order valence-corrected chi connectivity index (χ1v) is 7.31. The molecule has 0 aromatic heterocycles. The Morgan fingerprint density at radius 2 is 1.77 bits per heavy atom. The predicted octanol–water partition coefficient (Wildman–Crippen LogP) is 3.30. The van der Waals surface area contributed by atoms with Crippen LogP contribution >= 0.6 is 0 Å². The molecule has 0 radical (unpaired) electrons. The lowest BCUT2D eigenvalue weighted by molar-refractivity contribution is 0.0949. The number of carbonyl (C=O) groups is 1. The van der Waals surface area contributed by atoms with Crippen LogP contribution in [-0.2, 0) is 5.41 Å². The molecule has 0 unspecified atom stereocenters. The van der Waals surface area contributed by atoms with E-state index in [0.29, 0.717) is 12.1 Å². The number of carbonyl (C=O) groups excluding carboxylic acids is 1. The number of ether oxygens (including phenoxy) is 1. The highest BCUT2D eigenvalue weighted by Crippen LogP contribution is 2.47. The minimum atomic E-state index is -0.234. The van der Waals surface area contributed by atoms with Crippen molar-refractivity contribution in [2.45, 2.75) is 18.3 Å². The molecule has 1 aliphatic carbocycles. The molecule has 2 aromatic carbocycles. The van der Waals surface area contributed by atoms with Gasteiger partial charge in [0.1, 0.15) is 11.6 Å². The Balaban J connectivity index is 1.64. The maximum Gasteiger partial charge on any atom is 0.251 e. The van der Waals surface area contributed by atoms with Crippen LogP contribution in [0, 0.1) is 5.82 Å². The van der Waals surface area contributed by atoms with Crippen molar-refractivity contribution >= 4 is 5.91 Å². The first kappa shape index (κ1) is 14.6. The van der Waals surface area contributed by atoms with Gasteiger partial charge in [0.25, 0.3) is 5.91 Å². The van der Waals surface area contributed by atoms with Gasteiger partial charge in [-0.2, -0.15) is 0 Å². The first-order valence-electron chi connectivity index (χ1n) is 7.31. The molecule has 2 aromatic rings. The van der Waals surface area contributed by atoms with Gasteiger partial charge in [0.15, 0.2) is 0 Å². The van der Waals surface area contributed by atoms with Gasteiger partial charge >= 0.3 is 0 Å². The quantitative estimate of drug-likeness (QED) is 0.920. The fourth-order valence-electron chi connectivity index (χ4n) is 2.62. The van der Waals surface area contributed by atoms with E-state index >= 15 is 0 Å². The maximum atomic E-state index is 13.0. The lowest BCUT2D eigenvalue weighted by Gasteiger charge is -2.16. The maximum absolute atomic E-state index is 13.0. The number of hydrogen-bond donors (Lipinski definition) is 1. The second-order valence-electron chi connectivity index (χ2n) is 5.70. The van der Waals surface area contributed by atoms with Crippen molar-refractivity contribution in [3.05, 3.63) is 65.5 Å². The van der Waals surface area contributed by atoms with Crippen LogP contribution in [0.5, 0.6) is 5.75 Å². The van der Waals surface area contributed by atoms with E-state index in [1.165, 1.54) is 12.1 Å². The van der Waals surface area contributed by atoms with Crippen LogP contribution in [0.2, 0.25) is 0 Å². The molecule has 0 aliphatic heterocycles. The van der Waals surface area contributed by atoms with Crippen LogP contribution in [0.1, 0.15) is 28.8 Å². The Labute approximate surface area is 129 Å². The van der Waals surface area contributed by atoms with E-state index in [9.17, 15) is 9.18 Å². The smallest absolute Gasteiger partial charge is 0.251 e. The Hall–Kier alpha value is -2.36. The number of methoxy groups -OCH3 is 1. The molecule has 3 rings (SSSR count). The molecule has 114 valence electrons. The van der Waals surface area contributed by atoms with Crippen LogP contribution in [0.4, 0.5) is 4.39 Å². The van der Waals surface area contributed by atoms with Crippen LogP contribution < -0.4 is 10.1 Å². The molecule has 4 heteroatoms. The fraction of sp³-hybridized carbons (Fsp3) is 0.278. The largest absolute Gasteiger partial charge is 0.497 e. The Kier molecular flexibility index (Phi) is 3.84. The third-order valence-electron chi connectivity index (χ3n) is 4.25.